The number of aromatic nitrogens is 2. The molecule has 6 heteroatoms. The van der Waals surface area contributed by atoms with Crippen molar-refractivity contribution in [3.8, 4) is 6.07 Å². The molecule has 0 aliphatic carbocycles. The molecule has 0 saturated carbocycles. The molecule has 0 aromatic carbocycles. The summed E-state index contributed by atoms with van der Waals surface area (Å²) in [6.07, 6.45) is 2.89. The number of carbonyl (C=O) groups excluding carboxylic acids is 1. The van der Waals surface area contributed by atoms with Gasteiger partial charge in [0.15, 0.2) is 0 Å². The van der Waals surface area contributed by atoms with Gasteiger partial charge in [-0.2, -0.15) is 5.26 Å². The highest BCUT2D eigenvalue weighted by atomic mass is 79.9. The molecule has 0 radical (unpaired) electrons. The lowest BCUT2D eigenvalue weighted by molar-refractivity contribution is 0.102. The summed E-state index contributed by atoms with van der Waals surface area (Å²) in [6.45, 7) is 0. The summed E-state index contributed by atoms with van der Waals surface area (Å²) in [6, 6.07) is 8.43. The van der Waals surface area contributed by atoms with Gasteiger partial charge in [0, 0.05) is 6.20 Å². The van der Waals surface area contributed by atoms with E-state index >= 15 is 0 Å². The number of rotatable bonds is 2. The van der Waals surface area contributed by atoms with Crippen LogP contribution in [0.4, 0.5) is 5.69 Å². The first-order valence-corrected chi connectivity index (χ1v) is 5.77. The summed E-state index contributed by atoms with van der Waals surface area (Å²) in [4.78, 5) is 19.7. The fourth-order valence-electron chi connectivity index (χ4n) is 1.24. The summed E-state index contributed by atoms with van der Waals surface area (Å²) in [5, 5.41) is 11.3. The van der Waals surface area contributed by atoms with Crippen molar-refractivity contribution in [2.24, 2.45) is 0 Å². The first kappa shape index (κ1) is 12.2. The van der Waals surface area contributed by atoms with E-state index in [1.807, 2.05) is 6.07 Å². The molecule has 1 N–H and O–H groups in total. The molecule has 1 amide bonds. The summed E-state index contributed by atoms with van der Waals surface area (Å²) < 4.78 is 0.692. The molecule has 0 aliphatic heterocycles. The number of nitriles is 1. The summed E-state index contributed by atoms with van der Waals surface area (Å²) in [5.74, 6) is -0.344. The monoisotopic (exact) mass is 302 g/mol. The SMILES string of the molecule is N#Cc1ccc(C(=O)Nc2ccc(Br)nc2)nc1. The van der Waals surface area contributed by atoms with E-state index in [1.165, 1.54) is 18.5 Å². The Morgan fingerprint density at radius 2 is 2.06 bits per heavy atom. The second-order valence-corrected chi connectivity index (χ2v) is 4.18. The average molecular weight is 303 g/mol. The van der Waals surface area contributed by atoms with Crippen LogP contribution < -0.4 is 5.32 Å². The highest BCUT2D eigenvalue weighted by Crippen LogP contribution is 2.11. The van der Waals surface area contributed by atoms with Crippen LogP contribution in [0.15, 0.2) is 41.3 Å². The number of hydrogen-bond acceptors (Lipinski definition) is 4. The molecule has 0 saturated heterocycles. The van der Waals surface area contributed by atoms with E-state index in [-0.39, 0.29) is 11.6 Å². The third-order valence-electron chi connectivity index (χ3n) is 2.11. The van der Waals surface area contributed by atoms with Crippen LogP contribution in [0, 0.1) is 11.3 Å². The first-order chi connectivity index (χ1) is 8.69. The van der Waals surface area contributed by atoms with Gasteiger partial charge < -0.3 is 5.32 Å². The van der Waals surface area contributed by atoms with Gasteiger partial charge >= 0.3 is 0 Å². The molecule has 2 aromatic rings. The molecule has 0 aliphatic rings. The zero-order valence-electron chi connectivity index (χ0n) is 9.09. The Hall–Kier alpha value is -2.26. The highest BCUT2D eigenvalue weighted by Gasteiger charge is 2.07. The molecule has 0 atom stereocenters. The topological polar surface area (TPSA) is 78.7 Å². The Kier molecular flexibility index (Phi) is 3.65. The molecule has 2 heterocycles. The highest BCUT2D eigenvalue weighted by molar-refractivity contribution is 9.10. The molecule has 5 nitrogen and oxygen atoms in total. The molecule has 2 rings (SSSR count). The van der Waals surface area contributed by atoms with Crippen LogP contribution in [0.3, 0.4) is 0 Å². The fraction of sp³-hybridized carbons (Fsp3) is 0. The Morgan fingerprint density at radius 3 is 2.61 bits per heavy atom. The van der Waals surface area contributed by atoms with Crippen molar-refractivity contribution in [2.45, 2.75) is 0 Å². The fourth-order valence-corrected chi connectivity index (χ4v) is 1.47. The number of pyridine rings is 2. The van der Waals surface area contributed by atoms with Gasteiger partial charge in [-0.05, 0) is 40.2 Å². The summed E-state index contributed by atoms with van der Waals surface area (Å²) in [7, 11) is 0. The Labute approximate surface area is 112 Å². The van der Waals surface area contributed by atoms with E-state index in [1.54, 1.807) is 18.2 Å². The second kappa shape index (κ2) is 5.38. The van der Waals surface area contributed by atoms with Gasteiger partial charge in [0.05, 0.1) is 17.4 Å². The zero-order chi connectivity index (χ0) is 13.0. The lowest BCUT2D eigenvalue weighted by atomic mass is 10.2. The lowest BCUT2D eigenvalue weighted by Gasteiger charge is -2.03. The van der Waals surface area contributed by atoms with E-state index in [9.17, 15) is 4.79 Å². The van der Waals surface area contributed by atoms with Gasteiger partial charge in [-0.3, -0.25) is 4.79 Å². The number of anilines is 1. The normalized spacial score (nSPS) is 9.56. The minimum absolute atomic E-state index is 0.247. The lowest BCUT2D eigenvalue weighted by Crippen LogP contribution is -2.13. The maximum absolute atomic E-state index is 11.8. The van der Waals surface area contributed by atoms with E-state index in [0.29, 0.717) is 15.9 Å². The van der Waals surface area contributed by atoms with E-state index in [0.717, 1.165) is 0 Å². The van der Waals surface area contributed by atoms with Gasteiger partial charge in [0.1, 0.15) is 16.4 Å². The Morgan fingerprint density at radius 1 is 1.22 bits per heavy atom. The minimum atomic E-state index is -0.344. The second-order valence-electron chi connectivity index (χ2n) is 3.37. The minimum Gasteiger partial charge on any atom is -0.319 e. The zero-order valence-corrected chi connectivity index (χ0v) is 10.7. The van der Waals surface area contributed by atoms with Gasteiger partial charge in [-0.25, -0.2) is 9.97 Å². The van der Waals surface area contributed by atoms with Crippen molar-refractivity contribution in [2.75, 3.05) is 5.32 Å². The number of nitrogens with zero attached hydrogens (tertiary/aromatic N) is 3. The maximum Gasteiger partial charge on any atom is 0.274 e. The van der Waals surface area contributed by atoms with E-state index in [2.05, 4.69) is 31.2 Å². The molecule has 0 unspecified atom stereocenters. The standard InChI is InChI=1S/C12H7BrN4O/c13-11-4-2-9(7-16-11)17-12(18)10-3-1-8(5-14)6-15-10/h1-4,6-7H,(H,17,18). The molecule has 0 spiro atoms. The van der Waals surface area contributed by atoms with Gasteiger partial charge in [-0.15, -0.1) is 0 Å². The smallest absolute Gasteiger partial charge is 0.274 e. The van der Waals surface area contributed by atoms with Crippen LogP contribution in [-0.2, 0) is 0 Å². The first-order valence-electron chi connectivity index (χ1n) is 4.98. The number of nitrogens with one attached hydrogen (secondary N) is 1. The van der Waals surface area contributed by atoms with Crippen LogP contribution >= 0.6 is 15.9 Å². The number of hydrogen-bond donors (Lipinski definition) is 1. The largest absolute Gasteiger partial charge is 0.319 e. The van der Waals surface area contributed by atoms with Crippen molar-refractivity contribution in [3.05, 3.63) is 52.5 Å². The summed E-state index contributed by atoms with van der Waals surface area (Å²) in [5.41, 5.74) is 1.24. The number of halogens is 1. The third-order valence-corrected chi connectivity index (χ3v) is 2.58. The predicted octanol–water partition coefficient (Wildman–Crippen LogP) is 2.36. The van der Waals surface area contributed by atoms with Crippen LogP contribution in [0.1, 0.15) is 16.1 Å². The molecule has 88 valence electrons. The Balaban J connectivity index is 2.12. The van der Waals surface area contributed by atoms with Gasteiger partial charge in [0.25, 0.3) is 5.91 Å². The number of amides is 1. The van der Waals surface area contributed by atoms with Crippen LogP contribution in [-0.4, -0.2) is 15.9 Å². The quantitative estimate of drug-likeness (QED) is 0.864. The van der Waals surface area contributed by atoms with Crippen molar-refractivity contribution in [1.82, 2.24) is 9.97 Å². The molecule has 18 heavy (non-hydrogen) atoms. The van der Waals surface area contributed by atoms with Crippen molar-refractivity contribution < 1.29 is 4.79 Å². The van der Waals surface area contributed by atoms with Gasteiger partial charge in [0.2, 0.25) is 0 Å². The molecular formula is C12H7BrN4O. The third kappa shape index (κ3) is 2.90. The maximum atomic E-state index is 11.8. The predicted molar refractivity (Wildman–Crippen MR) is 68.8 cm³/mol. The molecule has 2 aromatic heterocycles. The summed E-state index contributed by atoms with van der Waals surface area (Å²) >= 11 is 3.21. The van der Waals surface area contributed by atoms with E-state index in [4.69, 9.17) is 5.26 Å². The van der Waals surface area contributed by atoms with Crippen molar-refractivity contribution in [3.63, 3.8) is 0 Å². The van der Waals surface area contributed by atoms with Crippen LogP contribution in [0.2, 0.25) is 0 Å². The van der Waals surface area contributed by atoms with E-state index < -0.39 is 0 Å². The molecular weight excluding hydrogens is 296 g/mol. The van der Waals surface area contributed by atoms with Crippen LogP contribution in [0.25, 0.3) is 0 Å². The average Bonchev–Trinajstić information content (AvgIpc) is 2.41. The van der Waals surface area contributed by atoms with Crippen molar-refractivity contribution in [1.29, 1.82) is 5.26 Å². The number of carbonyl (C=O) groups is 1. The molecule has 0 fully saturated rings. The molecule has 0 bridgehead atoms. The Bertz CT molecular complexity index is 601. The van der Waals surface area contributed by atoms with Gasteiger partial charge in [-0.1, -0.05) is 0 Å². The van der Waals surface area contributed by atoms with Crippen LogP contribution in [0.5, 0.6) is 0 Å². The van der Waals surface area contributed by atoms with Crippen molar-refractivity contribution >= 4 is 27.5 Å².